The molecule has 0 radical (unpaired) electrons. The predicted octanol–water partition coefficient (Wildman–Crippen LogP) is 0.422. The molecule has 0 saturated carbocycles. The van der Waals surface area contributed by atoms with E-state index in [0.717, 1.165) is 5.56 Å². The molecule has 6 nitrogen and oxygen atoms in total. The topological polar surface area (TPSA) is 77.0 Å². The van der Waals surface area contributed by atoms with Crippen LogP contribution < -0.4 is 15.9 Å². The van der Waals surface area contributed by atoms with Crippen molar-refractivity contribution in [2.45, 2.75) is 20.4 Å². The molecular weight excluding hydrogens is 222 g/mol. The summed E-state index contributed by atoms with van der Waals surface area (Å²) in [4.78, 5) is 29.9. The lowest BCUT2D eigenvalue weighted by atomic mass is 10.2. The molecule has 0 spiro atoms. The zero-order valence-electron chi connectivity index (χ0n) is 9.90. The highest BCUT2D eigenvalue weighted by molar-refractivity contribution is 5.74. The van der Waals surface area contributed by atoms with Gasteiger partial charge in [-0.2, -0.15) is 4.98 Å². The second-order valence-corrected chi connectivity index (χ2v) is 3.68. The molecule has 0 saturated heterocycles. The van der Waals surface area contributed by atoms with E-state index in [4.69, 9.17) is 4.74 Å². The van der Waals surface area contributed by atoms with Crippen molar-refractivity contribution in [2.75, 3.05) is 7.11 Å². The summed E-state index contributed by atoms with van der Waals surface area (Å²) in [5, 5.41) is 0. The summed E-state index contributed by atoms with van der Waals surface area (Å²) in [6, 6.07) is 1.71. The SMILES string of the molecule is CCn1c(=O)c(=O)[nH]c2c(C)cc(OC)nc21. The molecule has 1 N–H and O–H groups in total. The third-order valence-corrected chi connectivity index (χ3v) is 2.63. The molecule has 0 bridgehead atoms. The van der Waals surface area contributed by atoms with Crippen LogP contribution in [0, 0.1) is 6.92 Å². The summed E-state index contributed by atoms with van der Waals surface area (Å²) in [6.07, 6.45) is 0. The Morgan fingerprint density at radius 3 is 2.76 bits per heavy atom. The Bertz CT molecular complexity index is 685. The molecule has 0 aliphatic rings. The quantitative estimate of drug-likeness (QED) is 0.765. The number of pyridine rings is 1. The van der Waals surface area contributed by atoms with Gasteiger partial charge in [0, 0.05) is 12.6 Å². The summed E-state index contributed by atoms with van der Waals surface area (Å²) in [6.45, 7) is 4.00. The Morgan fingerprint density at radius 1 is 1.47 bits per heavy atom. The van der Waals surface area contributed by atoms with Crippen LogP contribution in [0.1, 0.15) is 12.5 Å². The van der Waals surface area contributed by atoms with Crippen molar-refractivity contribution in [1.29, 1.82) is 0 Å². The number of nitrogens with one attached hydrogen (secondary N) is 1. The third-order valence-electron chi connectivity index (χ3n) is 2.63. The Balaban J connectivity index is 3.01. The Kier molecular flexibility index (Phi) is 2.71. The Morgan fingerprint density at radius 2 is 2.18 bits per heavy atom. The highest BCUT2D eigenvalue weighted by Crippen LogP contribution is 2.17. The van der Waals surface area contributed by atoms with Crippen molar-refractivity contribution in [2.24, 2.45) is 0 Å². The van der Waals surface area contributed by atoms with Gasteiger partial charge in [0.2, 0.25) is 5.88 Å². The van der Waals surface area contributed by atoms with Crippen LogP contribution in [0.2, 0.25) is 0 Å². The van der Waals surface area contributed by atoms with Gasteiger partial charge in [0.25, 0.3) is 0 Å². The molecule has 0 aliphatic carbocycles. The van der Waals surface area contributed by atoms with Gasteiger partial charge in [-0.15, -0.1) is 0 Å². The first-order chi connectivity index (χ1) is 8.08. The average Bonchev–Trinajstić information content (AvgIpc) is 2.32. The standard InChI is InChI=1S/C11H13N3O3/c1-4-14-9-8(13-10(15)11(14)16)6(2)5-7(12-9)17-3/h5H,4H2,1-3H3,(H,13,15). The number of aryl methyl sites for hydroxylation is 2. The summed E-state index contributed by atoms with van der Waals surface area (Å²) in [7, 11) is 1.51. The van der Waals surface area contributed by atoms with Gasteiger partial charge in [-0.05, 0) is 19.4 Å². The molecule has 0 unspecified atom stereocenters. The molecule has 2 aromatic heterocycles. The van der Waals surface area contributed by atoms with Gasteiger partial charge in [-0.1, -0.05) is 0 Å². The van der Waals surface area contributed by atoms with Crippen molar-refractivity contribution >= 4 is 11.2 Å². The maximum Gasteiger partial charge on any atom is 0.317 e. The van der Waals surface area contributed by atoms with E-state index in [1.165, 1.54) is 11.7 Å². The third kappa shape index (κ3) is 1.71. The number of methoxy groups -OCH3 is 1. The van der Waals surface area contributed by atoms with E-state index >= 15 is 0 Å². The van der Waals surface area contributed by atoms with Crippen LogP contribution in [0.25, 0.3) is 11.2 Å². The molecule has 0 aromatic carbocycles. The van der Waals surface area contributed by atoms with Crippen molar-refractivity contribution in [3.63, 3.8) is 0 Å². The second-order valence-electron chi connectivity index (χ2n) is 3.68. The maximum atomic E-state index is 11.7. The highest BCUT2D eigenvalue weighted by Gasteiger charge is 2.11. The first-order valence-corrected chi connectivity index (χ1v) is 5.27. The average molecular weight is 235 g/mol. The van der Waals surface area contributed by atoms with E-state index in [2.05, 4.69) is 9.97 Å². The van der Waals surface area contributed by atoms with Crippen LogP contribution in [0.4, 0.5) is 0 Å². The molecular formula is C11H13N3O3. The van der Waals surface area contributed by atoms with Gasteiger partial charge in [0.15, 0.2) is 5.65 Å². The van der Waals surface area contributed by atoms with Crippen molar-refractivity contribution in [3.8, 4) is 5.88 Å². The van der Waals surface area contributed by atoms with E-state index < -0.39 is 11.1 Å². The van der Waals surface area contributed by atoms with Crippen LogP contribution in [-0.2, 0) is 6.54 Å². The van der Waals surface area contributed by atoms with Gasteiger partial charge in [-0.25, -0.2) is 0 Å². The number of nitrogens with zero attached hydrogens (tertiary/aromatic N) is 2. The second kappa shape index (κ2) is 4.04. The monoisotopic (exact) mass is 235 g/mol. The maximum absolute atomic E-state index is 11.7. The first-order valence-electron chi connectivity index (χ1n) is 5.27. The van der Waals surface area contributed by atoms with E-state index in [9.17, 15) is 9.59 Å². The number of hydrogen-bond donors (Lipinski definition) is 1. The first kappa shape index (κ1) is 11.4. The van der Waals surface area contributed by atoms with E-state index in [-0.39, 0.29) is 0 Å². The molecule has 90 valence electrons. The zero-order valence-corrected chi connectivity index (χ0v) is 9.90. The van der Waals surface area contributed by atoms with Crippen LogP contribution in [0.15, 0.2) is 15.7 Å². The molecule has 6 heteroatoms. The number of rotatable bonds is 2. The van der Waals surface area contributed by atoms with Gasteiger partial charge < -0.3 is 9.72 Å². The summed E-state index contributed by atoms with van der Waals surface area (Å²) >= 11 is 0. The number of ether oxygens (including phenoxy) is 1. The lowest BCUT2D eigenvalue weighted by molar-refractivity contribution is 0.398. The minimum Gasteiger partial charge on any atom is -0.481 e. The normalized spacial score (nSPS) is 10.8. The lowest BCUT2D eigenvalue weighted by Crippen LogP contribution is -2.36. The smallest absolute Gasteiger partial charge is 0.317 e. The summed E-state index contributed by atoms with van der Waals surface area (Å²) in [5.74, 6) is 0.420. The number of hydrogen-bond acceptors (Lipinski definition) is 4. The number of aromatic amines is 1. The zero-order chi connectivity index (χ0) is 12.6. The minimum absolute atomic E-state index is 0.388. The molecule has 0 fully saturated rings. The van der Waals surface area contributed by atoms with Crippen molar-refractivity contribution < 1.29 is 4.74 Å². The molecule has 2 aromatic rings. The fourth-order valence-corrected chi connectivity index (χ4v) is 1.76. The summed E-state index contributed by atoms with van der Waals surface area (Å²) in [5.41, 5.74) is 0.590. The van der Waals surface area contributed by atoms with E-state index in [1.807, 2.05) is 6.92 Å². The van der Waals surface area contributed by atoms with Crippen molar-refractivity contribution in [3.05, 3.63) is 32.3 Å². The van der Waals surface area contributed by atoms with Crippen molar-refractivity contribution in [1.82, 2.24) is 14.5 Å². The molecule has 0 amide bonds. The summed E-state index contributed by atoms with van der Waals surface area (Å²) < 4.78 is 6.39. The fourth-order valence-electron chi connectivity index (χ4n) is 1.76. The molecule has 0 atom stereocenters. The minimum atomic E-state index is -0.630. The molecule has 0 aliphatic heterocycles. The van der Waals surface area contributed by atoms with Gasteiger partial charge in [0.1, 0.15) is 0 Å². The number of H-pyrrole nitrogens is 1. The van der Waals surface area contributed by atoms with Crippen LogP contribution >= 0.6 is 0 Å². The fraction of sp³-hybridized carbons (Fsp3) is 0.364. The Labute approximate surface area is 96.9 Å². The van der Waals surface area contributed by atoms with Crippen LogP contribution in [-0.4, -0.2) is 21.6 Å². The van der Waals surface area contributed by atoms with Gasteiger partial charge >= 0.3 is 11.1 Å². The largest absolute Gasteiger partial charge is 0.481 e. The van der Waals surface area contributed by atoms with E-state index in [1.54, 1.807) is 13.0 Å². The number of aromatic nitrogens is 3. The van der Waals surface area contributed by atoms with Gasteiger partial charge in [-0.3, -0.25) is 14.2 Å². The molecule has 17 heavy (non-hydrogen) atoms. The van der Waals surface area contributed by atoms with Crippen LogP contribution in [0.5, 0.6) is 5.88 Å². The number of fused-ring (bicyclic) bond motifs is 1. The highest BCUT2D eigenvalue weighted by atomic mass is 16.5. The van der Waals surface area contributed by atoms with E-state index in [0.29, 0.717) is 23.6 Å². The lowest BCUT2D eigenvalue weighted by Gasteiger charge is -2.09. The van der Waals surface area contributed by atoms with Gasteiger partial charge in [0.05, 0.1) is 12.6 Å². The molecule has 2 rings (SSSR count). The predicted molar refractivity (Wildman–Crippen MR) is 63.6 cm³/mol. The molecule has 2 heterocycles. The van der Waals surface area contributed by atoms with Crippen LogP contribution in [0.3, 0.4) is 0 Å². The Hall–Kier alpha value is -2.11.